The van der Waals surface area contributed by atoms with E-state index in [4.69, 9.17) is 33.2 Å². The Morgan fingerprint density at radius 2 is 1.65 bits per heavy atom. The molecule has 0 aliphatic carbocycles. The molecule has 1 aromatic carbocycles. The second kappa shape index (κ2) is 18.1. The highest BCUT2D eigenvalue weighted by Gasteiger charge is 2.59. The number of hydrogen-bond acceptors (Lipinski definition) is 13. The molecule has 19 atom stereocenters. The number of carbonyl (C=O) groups excluding carboxylic acids is 1. The first-order chi connectivity index (χ1) is 26.6. The standard InChI is InChI=1S/C44H73NO12/c1-14-32(46)44(11,50)39-26(5)35-24(3)20-43(10,57-35)38(56-41-34(47)31(19-25(4)52-41)45(12)22-30-17-15-23(2)16-18-30)27(6)36(28(7)40(49)55-39)54-33-21-42(9,51-13)37(48)29(8)53-33/h15-18,24-29,31-39,41,46-48,50H,14,19-22H2,1-13H3/t24-,25-,26+,27+,28-,29+,31+,32-,33+,34-,35+,36+,37+,38-,39-,41+,42-,43-,44-/m1/s1. The maximum absolute atomic E-state index is 14.4. The van der Waals surface area contributed by atoms with Crippen LogP contribution in [0.5, 0.6) is 0 Å². The second-order valence-corrected chi connectivity index (χ2v) is 18.7. The van der Waals surface area contributed by atoms with Crippen molar-refractivity contribution in [2.45, 2.75) is 199 Å². The fraction of sp³-hybridized carbons (Fsp3) is 0.841. The van der Waals surface area contributed by atoms with Crippen molar-refractivity contribution in [3.05, 3.63) is 35.4 Å². The average Bonchev–Trinajstić information content (AvgIpc) is 3.48. The molecule has 4 heterocycles. The lowest BCUT2D eigenvalue weighted by molar-refractivity contribution is -0.318. The topological polar surface area (TPSA) is 166 Å². The van der Waals surface area contributed by atoms with Gasteiger partial charge in [0.05, 0.1) is 53.7 Å². The summed E-state index contributed by atoms with van der Waals surface area (Å²) in [5.41, 5.74) is -1.47. The molecule has 13 heteroatoms. The van der Waals surface area contributed by atoms with Crippen molar-refractivity contribution >= 4 is 5.97 Å². The predicted octanol–water partition coefficient (Wildman–Crippen LogP) is 4.50. The average molecular weight is 808 g/mol. The Kier molecular flexibility index (Phi) is 14.7. The number of aliphatic hydroxyl groups is 4. The molecule has 1 aromatic rings. The molecule has 5 rings (SSSR count). The zero-order valence-electron chi connectivity index (χ0n) is 36.6. The maximum Gasteiger partial charge on any atom is 0.311 e. The third-order valence-electron chi connectivity index (χ3n) is 13.8. The summed E-state index contributed by atoms with van der Waals surface area (Å²) in [5.74, 6) is -2.76. The van der Waals surface area contributed by atoms with Crippen molar-refractivity contribution in [3.63, 3.8) is 0 Å². The lowest BCUT2D eigenvalue weighted by Crippen LogP contribution is -2.60. The first kappa shape index (κ1) is 46.3. The van der Waals surface area contributed by atoms with E-state index in [9.17, 15) is 25.2 Å². The van der Waals surface area contributed by atoms with E-state index in [0.717, 1.165) is 5.56 Å². The van der Waals surface area contributed by atoms with Crippen LogP contribution in [0.1, 0.15) is 106 Å². The summed E-state index contributed by atoms with van der Waals surface area (Å²) in [4.78, 5) is 16.6. The molecule has 0 spiro atoms. The Labute approximate surface area is 340 Å². The first-order valence-corrected chi connectivity index (χ1v) is 21.1. The van der Waals surface area contributed by atoms with E-state index in [1.807, 2.05) is 34.7 Å². The summed E-state index contributed by atoms with van der Waals surface area (Å²) >= 11 is 0. The van der Waals surface area contributed by atoms with Crippen LogP contribution in [-0.2, 0) is 44.5 Å². The molecule has 4 aliphatic rings. The van der Waals surface area contributed by atoms with Gasteiger partial charge in [-0.3, -0.25) is 9.69 Å². The number of likely N-dealkylation sites (N-methyl/N-ethyl adjacent to an activating group) is 1. The van der Waals surface area contributed by atoms with E-state index < -0.39 is 102 Å². The highest BCUT2D eigenvalue weighted by molar-refractivity contribution is 5.73. The molecule has 0 radical (unpaired) electrons. The second-order valence-electron chi connectivity index (χ2n) is 18.7. The Bertz CT molecular complexity index is 1480. The molecule has 0 unspecified atom stereocenters. The van der Waals surface area contributed by atoms with Crippen LogP contribution in [0.3, 0.4) is 0 Å². The fourth-order valence-corrected chi connectivity index (χ4v) is 10.2. The number of rotatable bonds is 11. The van der Waals surface area contributed by atoms with E-state index in [-0.39, 0.29) is 30.9 Å². The molecule has 4 fully saturated rings. The summed E-state index contributed by atoms with van der Waals surface area (Å²) in [7, 11) is 3.54. The minimum atomic E-state index is -1.80. The smallest absolute Gasteiger partial charge is 0.311 e. The quantitative estimate of drug-likeness (QED) is 0.231. The highest BCUT2D eigenvalue weighted by Crippen LogP contribution is 2.48. The number of esters is 1. The zero-order valence-corrected chi connectivity index (χ0v) is 36.6. The summed E-state index contributed by atoms with van der Waals surface area (Å²) in [6.07, 6.45) is -7.72. The van der Waals surface area contributed by atoms with Crippen molar-refractivity contribution in [1.29, 1.82) is 0 Å². The number of ether oxygens (including phenoxy) is 7. The van der Waals surface area contributed by atoms with E-state index in [1.54, 1.807) is 27.7 Å². The van der Waals surface area contributed by atoms with Crippen LogP contribution in [0.25, 0.3) is 0 Å². The van der Waals surface area contributed by atoms with Gasteiger partial charge >= 0.3 is 5.97 Å². The Morgan fingerprint density at radius 1 is 1.00 bits per heavy atom. The van der Waals surface area contributed by atoms with Crippen molar-refractivity contribution in [2.24, 2.45) is 23.7 Å². The van der Waals surface area contributed by atoms with Gasteiger partial charge in [0.2, 0.25) is 0 Å². The summed E-state index contributed by atoms with van der Waals surface area (Å²) < 4.78 is 45.7. The molecule has 4 aliphatic heterocycles. The van der Waals surface area contributed by atoms with Gasteiger partial charge in [0.15, 0.2) is 12.6 Å². The Morgan fingerprint density at radius 3 is 2.26 bits per heavy atom. The van der Waals surface area contributed by atoms with Gasteiger partial charge in [-0.15, -0.1) is 0 Å². The number of methoxy groups -OCH3 is 1. The predicted molar refractivity (Wildman–Crippen MR) is 213 cm³/mol. The van der Waals surface area contributed by atoms with Gasteiger partial charge < -0.3 is 53.6 Å². The van der Waals surface area contributed by atoms with Crippen LogP contribution in [0.4, 0.5) is 0 Å². The van der Waals surface area contributed by atoms with E-state index in [1.165, 1.54) is 19.6 Å². The van der Waals surface area contributed by atoms with Gasteiger partial charge in [0.25, 0.3) is 0 Å². The number of aryl methyl sites for hydroxylation is 1. The van der Waals surface area contributed by atoms with Crippen LogP contribution in [0.2, 0.25) is 0 Å². The molecule has 4 saturated heterocycles. The summed E-state index contributed by atoms with van der Waals surface area (Å²) in [5, 5.41) is 46.0. The number of benzene rings is 1. The number of fused-ring (bicyclic) bond motifs is 2. The lowest BCUT2D eigenvalue weighted by atomic mass is 9.76. The lowest BCUT2D eigenvalue weighted by Gasteiger charge is -2.48. The van der Waals surface area contributed by atoms with Gasteiger partial charge in [-0.05, 0) is 86.3 Å². The highest BCUT2D eigenvalue weighted by atomic mass is 16.7. The maximum atomic E-state index is 14.4. The van der Waals surface area contributed by atoms with Crippen LogP contribution < -0.4 is 0 Å². The van der Waals surface area contributed by atoms with E-state index >= 15 is 0 Å². The minimum Gasteiger partial charge on any atom is -0.459 e. The van der Waals surface area contributed by atoms with Crippen molar-refractivity contribution in [2.75, 3.05) is 14.2 Å². The van der Waals surface area contributed by atoms with Gasteiger partial charge in [0.1, 0.15) is 23.9 Å². The Balaban J connectivity index is 1.55. The molecular formula is C44H73NO12. The monoisotopic (exact) mass is 808 g/mol. The molecule has 0 saturated carbocycles. The van der Waals surface area contributed by atoms with Gasteiger partial charge in [0, 0.05) is 38.0 Å². The van der Waals surface area contributed by atoms with Gasteiger partial charge in [-0.1, -0.05) is 57.5 Å². The molecular weight excluding hydrogens is 734 g/mol. The van der Waals surface area contributed by atoms with E-state index in [2.05, 4.69) is 43.0 Å². The molecule has 13 nitrogen and oxygen atoms in total. The molecule has 326 valence electrons. The van der Waals surface area contributed by atoms with Crippen LogP contribution in [0.15, 0.2) is 24.3 Å². The van der Waals surface area contributed by atoms with Crippen molar-refractivity contribution in [1.82, 2.24) is 4.90 Å². The molecule has 0 amide bonds. The molecule has 57 heavy (non-hydrogen) atoms. The van der Waals surface area contributed by atoms with Crippen LogP contribution in [0, 0.1) is 30.6 Å². The number of carbonyl (C=O) groups is 1. The number of nitrogens with zero attached hydrogens (tertiary/aromatic N) is 1. The molecule has 0 aromatic heterocycles. The molecule has 2 bridgehead atoms. The number of aliphatic hydroxyl groups excluding tert-OH is 3. The normalized spacial score (nSPS) is 44.9. The Hall–Kier alpha value is -1.75. The third-order valence-corrected chi connectivity index (χ3v) is 13.8. The van der Waals surface area contributed by atoms with Crippen molar-refractivity contribution < 1.29 is 58.4 Å². The van der Waals surface area contributed by atoms with E-state index in [0.29, 0.717) is 19.4 Å². The summed E-state index contributed by atoms with van der Waals surface area (Å²) in [6, 6.07) is 8.08. The number of cyclic esters (lactones) is 1. The largest absolute Gasteiger partial charge is 0.459 e. The summed E-state index contributed by atoms with van der Waals surface area (Å²) in [6.45, 7) is 21.1. The van der Waals surface area contributed by atoms with Gasteiger partial charge in [-0.2, -0.15) is 0 Å². The van der Waals surface area contributed by atoms with Crippen LogP contribution >= 0.6 is 0 Å². The van der Waals surface area contributed by atoms with Crippen LogP contribution in [-0.4, -0.2) is 136 Å². The third kappa shape index (κ3) is 9.59. The zero-order chi connectivity index (χ0) is 42.4. The SMILES string of the molecule is CC[C@@H](O)[C@@](C)(O)[C@@H]1OC(=O)[C@H](C)[C@@H](O[C@H]2C[C@@](C)(OC)[C@@H](O)[C@H](C)O2)[C@H](C)[C@@H](O[C@@H]2O[C@H](C)C[C@H](N(C)Cc3ccc(C)cc3)[C@H]2O)[C@@]2(C)C[C@@H](C)[C@H](O2)[C@@H]1C. The fourth-order valence-electron chi connectivity index (χ4n) is 10.2. The first-order valence-electron chi connectivity index (χ1n) is 21.1. The minimum absolute atomic E-state index is 0.0776. The van der Waals surface area contributed by atoms with Crippen molar-refractivity contribution in [3.8, 4) is 0 Å². The molecule has 4 N–H and O–H groups in total. The number of hydrogen-bond donors (Lipinski definition) is 4. The van der Waals surface area contributed by atoms with Gasteiger partial charge in [-0.25, -0.2) is 0 Å².